The van der Waals surface area contributed by atoms with Crippen LogP contribution in [0, 0.1) is 11.3 Å². The van der Waals surface area contributed by atoms with E-state index >= 15 is 0 Å². The zero-order valence-electron chi connectivity index (χ0n) is 17.9. The first-order chi connectivity index (χ1) is 14.7. The normalized spacial score (nSPS) is 12.1. The number of hydrogen-bond acceptors (Lipinski definition) is 4. The van der Waals surface area contributed by atoms with E-state index in [4.69, 9.17) is 4.98 Å². The van der Waals surface area contributed by atoms with E-state index in [1.165, 1.54) is 11.8 Å². The Kier molecular flexibility index (Phi) is 7.19. The summed E-state index contributed by atoms with van der Waals surface area (Å²) in [7, 11) is 0. The minimum atomic E-state index is -0.429. The van der Waals surface area contributed by atoms with Crippen LogP contribution in [0.4, 0.5) is 5.69 Å². The second kappa shape index (κ2) is 9.67. The number of nitriles is 1. The van der Waals surface area contributed by atoms with Gasteiger partial charge in [0.05, 0.1) is 10.8 Å². The van der Waals surface area contributed by atoms with Crippen LogP contribution >= 0.6 is 27.7 Å². The van der Waals surface area contributed by atoms with Gasteiger partial charge in [0.15, 0.2) is 0 Å². The molecule has 0 saturated carbocycles. The van der Waals surface area contributed by atoms with Crippen molar-refractivity contribution in [1.29, 1.82) is 5.26 Å². The third-order valence-electron chi connectivity index (χ3n) is 4.72. The fourth-order valence-corrected chi connectivity index (χ4v) is 4.13. The second-order valence-electron chi connectivity index (χ2n) is 8.22. The molecule has 0 aliphatic heterocycles. The maximum Gasteiger partial charge on any atom is 0.237 e. The molecule has 2 aromatic carbocycles. The van der Waals surface area contributed by atoms with Crippen LogP contribution in [0.15, 0.2) is 70.2 Å². The summed E-state index contributed by atoms with van der Waals surface area (Å²) in [6.45, 7) is 8.10. The van der Waals surface area contributed by atoms with Crippen LogP contribution in [-0.2, 0) is 10.2 Å². The fourth-order valence-electron chi connectivity index (χ4n) is 2.94. The van der Waals surface area contributed by atoms with Crippen molar-refractivity contribution in [2.45, 2.75) is 43.4 Å². The highest BCUT2D eigenvalue weighted by Crippen LogP contribution is 2.36. The molecule has 3 aromatic rings. The predicted molar refractivity (Wildman–Crippen MR) is 131 cm³/mol. The first kappa shape index (κ1) is 23.1. The van der Waals surface area contributed by atoms with E-state index in [-0.39, 0.29) is 11.3 Å². The number of aromatic nitrogens is 1. The molecule has 1 unspecified atom stereocenters. The van der Waals surface area contributed by atoms with Gasteiger partial charge in [-0.25, -0.2) is 4.98 Å². The Balaban J connectivity index is 1.96. The summed E-state index contributed by atoms with van der Waals surface area (Å²) < 4.78 is 0.947. The minimum absolute atomic E-state index is 0.138. The molecular formula is C25H24BrN3OS. The van der Waals surface area contributed by atoms with Crippen LogP contribution in [0.5, 0.6) is 0 Å². The van der Waals surface area contributed by atoms with Gasteiger partial charge in [0, 0.05) is 26.8 Å². The number of thioether (sulfide) groups is 1. The van der Waals surface area contributed by atoms with Gasteiger partial charge >= 0.3 is 0 Å². The quantitative estimate of drug-likeness (QED) is 0.396. The van der Waals surface area contributed by atoms with E-state index < -0.39 is 5.25 Å². The molecule has 0 saturated heterocycles. The van der Waals surface area contributed by atoms with Crippen molar-refractivity contribution in [3.63, 3.8) is 0 Å². The van der Waals surface area contributed by atoms with Crippen molar-refractivity contribution in [3.05, 3.63) is 76.4 Å². The lowest BCUT2D eigenvalue weighted by Gasteiger charge is -2.22. The lowest BCUT2D eigenvalue weighted by molar-refractivity contribution is -0.115. The SMILES string of the molecule is CC(Sc1nc(C(C)(C)C)cc(-c2ccccc2)c1C#N)C(=O)Nc1ccc(Br)cc1. The predicted octanol–water partition coefficient (Wildman–Crippen LogP) is 6.80. The molecule has 0 fully saturated rings. The summed E-state index contributed by atoms with van der Waals surface area (Å²) in [5, 5.41) is 13.0. The summed E-state index contributed by atoms with van der Waals surface area (Å²) in [6, 6.07) is 21.6. The Morgan fingerprint density at radius 2 is 1.77 bits per heavy atom. The van der Waals surface area contributed by atoms with E-state index in [0.717, 1.165) is 27.0 Å². The molecule has 0 spiro atoms. The molecule has 0 radical (unpaired) electrons. The van der Waals surface area contributed by atoms with Gasteiger partial charge < -0.3 is 5.32 Å². The molecular weight excluding hydrogens is 470 g/mol. The summed E-state index contributed by atoms with van der Waals surface area (Å²) in [5.74, 6) is -0.138. The molecule has 1 N–H and O–H groups in total. The number of carbonyl (C=O) groups is 1. The number of rotatable bonds is 5. The van der Waals surface area contributed by atoms with Crippen LogP contribution in [0.3, 0.4) is 0 Å². The molecule has 6 heteroatoms. The number of nitrogens with one attached hydrogen (secondary N) is 1. The molecule has 1 amide bonds. The third-order valence-corrected chi connectivity index (χ3v) is 6.34. The number of halogens is 1. The molecule has 0 aliphatic carbocycles. The molecule has 31 heavy (non-hydrogen) atoms. The Morgan fingerprint density at radius 1 is 1.13 bits per heavy atom. The van der Waals surface area contributed by atoms with E-state index in [2.05, 4.69) is 48.1 Å². The lowest BCUT2D eigenvalue weighted by atomic mass is 9.89. The first-order valence-corrected chi connectivity index (χ1v) is 11.6. The highest BCUT2D eigenvalue weighted by molar-refractivity contribution is 9.10. The van der Waals surface area contributed by atoms with Gasteiger partial charge in [0.25, 0.3) is 0 Å². The number of anilines is 1. The maximum atomic E-state index is 12.8. The van der Waals surface area contributed by atoms with Crippen molar-refractivity contribution >= 4 is 39.3 Å². The minimum Gasteiger partial charge on any atom is -0.325 e. The smallest absolute Gasteiger partial charge is 0.237 e. The van der Waals surface area contributed by atoms with Crippen LogP contribution in [0.1, 0.15) is 39.0 Å². The van der Waals surface area contributed by atoms with E-state index in [1.807, 2.05) is 67.6 Å². The molecule has 0 aliphatic rings. The summed E-state index contributed by atoms with van der Waals surface area (Å²) in [5.41, 5.74) is 3.70. The number of pyridine rings is 1. The van der Waals surface area contributed by atoms with Crippen molar-refractivity contribution in [2.24, 2.45) is 0 Å². The summed E-state index contributed by atoms with van der Waals surface area (Å²) in [4.78, 5) is 17.6. The van der Waals surface area contributed by atoms with Crippen LogP contribution in [0.2, 0.25) is 0 Å². The van der Waals surface area contributed by atoms with E-state index in [0.29, 0.717) is 10.6 Å². The molecule has 1 atom stereocenters. The Bertz CT molecular complexity index is 1120. The summed E-state index contributed by atoms with van der Waals surface area (Å²) >= 11 is 4.70. The van der Waals surface area contributed by atoms with E-state index in [1.54, 1.807) is 0 Å². The zero-order chi connectivity index (χ0) is 22.6. The number of nitrogens with zero attached hydrogens (tertiary/aromatic N) is 2. The largest absolute Gasteiger partial charge is 0.325 e. The Labute approximate surface area is 196 Å². The Morgan fingerprint density at radius 3 is 2.35 bits per heavy atom. The molecule has 4 nitrogen and oxygen atoms in total. The van der Waals surface area contributed by atoms with Crippen molar-refractivity contribution in [1.82, 2.24) is 4.98 Å². The second-order valence-corrected chi connectivity index (χ2v) is 10.5. The van der Waals surface area contributed by atoms with Crippen molar-refractivity contribution in [3.8, 4) is 17.2 Å². The van der Waals surface area contributed by atoms with Crippen LogP contribution in [0.25, 0.3) is 11.1 Å². The number of carbonyl (C=O) groups excluding carboxylic acids is 1. The molecule has 1 heterocycles. The van der Waals surface area contributed by atoms with Crippen molar-refractivity contribution < 1.29 is 4.79 Å². The average Bonchev–Trinajstić information content (AvgIpc) is 2.74. The van der Waals surface area contributed by atoms with Crippen molar-refractivity contribution in [2.75, 3.05) is 5.32 Å². The highest BCUT2D eigenvalue weighted by atomic mass is 79.9. The molecule has 158 valence electrons. The van der Waals surface area contributed by atoms with Gasteiger partial charge in [0.1, 0.15) is 11.1 Å². The summed E-state index contributed by atoms with van der Waals surface area (Å²) in [6.07, 6.45) is 0. The van der Waals surface area contributed by atoms with Gasteiger partial charge in [0.2, 0.25) is 5.91 Å². The first-order valence-electron chi connectivity index (χ1n) is 9.93. The van der Waals surface area contributed by atoms with Gasteiger partial charge in [-0.2, -0.15) is 5.26 Å². The monoisotopic (exact) mass is 493 g/mol. The standard InChI is InChI=1S/C25H24BrN3OS/c1-16(23(30)28-19-12-10-18(26)11-13-19)31-24-21(15-27)20(17-8-6-5-7-9-17)14-22(29-24)25(2,3)4/h5-14,16H,1-4H3,(H,28,30). The lowest BCUT2D eigenvalue weighted by Crippen LogP contribution is -2.23. The molecule has 1 aromatic heterocycles. The molecule has 3 rings (SSSR count). The molecule has 0 bridgehead atoms. The Hall–Kier alpha value is -2.62. The van der Waals surface area contributed by atoms with Crippen LogP contribution < -0.4 is 5.32 Å². The van der Waals surface area contributed by atoms with Gasteiger partial charge in [-0.15, -0.1) is 0 Å². The average molecular weight is 494 g/mol. The number of amides is 1. The fraction of sp³-hybridized carbons (Fsp3) is 0.240. The zero-order valence-corrected chi connectivity index (χ0v) is 20.3. The maximum absolute atomic E-state index is 12.8. The topological polar surface area (TPSA) is 65.8 Å². The number of hydrogen-bond donors (Lipinski definition) is 1. The van der Waals surface area contributed by atoms with Crippen LogP contribution in [-0.4, -0.2) is 16.1 Å². The van der Waals surface area contributed by atoms with Gasteiger partial charge in [-0.1, -0.05) is 78.8 Å². The third kappa shape index (κ3) is 5.75. The van der Waals surface area contributed by atoms with E-state index in [9.17, 15) is 10.1 Å². The van der Waals surface area contributed by atoms with Gasteiger partial charge in [-0.05, 0) is 42.8 Å². The number of benzene rings is 2. The highest BCUT2D eigenvalue weighted by Gasteiger charge is 2.24. The van der Waals surface area contributed by atoms with Gasteiger partial charge in [-0.3, -0.25) is 4.79 Å².